The van der Waals surface area contributed by atoms with Crippen LogP contribution in [0.25, 0.3) is 0 Å². The van der Waals surface area contributed by atoms with Gasteiger partial charge in [0.1, 0.15) is 7.28 Å². The van der Waals surface area contributed by atoms with Crippen molar-refractivity contribution >= 4 is 28.9 Å². The van der Waals surface area contributed by atoms with Crippen LogP contribution in [0.4, 0.5) is 0 Å². The lowest BCUT2D eigenvalue weighted by Crippen LogP contribution is -2.07. The minimum absolute atomic E-state index is 0.506. The molecule has 1 aromatic rings. The van der Waals surface area contributed by atoms with Gasteiger partial charge in [-0.1, -0.05) is 79.4 Å². The van der Waals surface area contributed by atoms with Gasteiger partial charge in [0, 0.05) is 5.15 Å². The van der Waals surface area contributed by atoms with E-state index in [1.807, 2.05) is 21.6 Å². The van der Waals surface area contributed by atoms with Gasteiger partial charge in [0.15, 0.2) is 0 Å². The summed E-state index contributed by atoms with van der Waals surface area (Å²) in [5.41, 5.74) is 2.84. The summed E-state index contributed by atoms with van der Waals surface area (Å²) in [6, 6.07) is 9.09. The predicted molar refractivity (Wildman–Crippen MR) is 85.2 cm³/mol. The average Bonchev–Trinajstić information content (AvgIpc) is 2.28. The Morgan fingerprint density at radius 3 is 1.88 bits per heavy atom. The third-order valence-electron chi connectivity index (χ3n) is 2.69. The maximum Gasteiger partial charge on any atom is 0.137 e. The van der Waals surface area contributed by atoms with E-state index in [0.717, 1.165) is 0 Å². The van der Waals surface area contributed by atoms with Crippen molar-refractivity contribution in [3.63, 3.8) is 0 Å². The number of hydrogen-bond acceptors (Lipinski definition) is 2. The van der Waals surface area contributed by atoms with Gasteiger partial charge in [-0.3, -0.25) is 0 Å². The highest BCUT2D eigenvalue weighted by Crippen LogP contribution is 2.37. The molecule has 1 aromatic carbocycles. The summed E-state index contributed by atoms with van der Waals surface area (Å²) in [6.45, 7) is 8.97. The van der Waals surface area contributed by atoms with Crippen LogP contribution in [0.5, 0.6) is 0 Å². The van der Waals surface area contributed by atoms with Gasteiger partial charge in [0.05, 0.1) is 0 Å². The molecule has 17 heavy (non-hydrogen) atoms. The van der Waals surface area contributed by atoms with Gasteiger partial charge >= 0.3 is 0 Å². The maximum absolute atomic E-state index is 2.42. The molecule has 0 spiro atoms. The quantitative estimate of drug-likeness (QED) is 0.502. The van der Waals surface area contributed by atoms with Crippen LogP contribution in [0.1, 0.15) is 49.9 Å². The molecule has 0 nitrogen and oxygen atoms in total. The Labute approximate surface area is 115 Å². The predicted octanol–water partition coefficient (Wildman–Crippen LogP) is 5.35. The molecule has 1 radical (unpaired) electrons. The van der Waals surface area contributed by atoms with Gasteiger partial charge in [0.2, 0.25) is 0 Å². The number of benzene rings is 1. The van der Waals surface area contributed by atoms with E-state index in [0.29, 0.717) is 16.9 Å². The van der Waals surface area contributed by atoms with E-state index < -0.39 is 0 Å². The first-order valence-corrected chi connectivity index (χ1v) is 8.81. The molecule has 0 fully saturated rings. The molecule has 0 aliphatic carbocycles. The normalized spacial score (nSPS) is 13.1. The largest absolute Gasteiger partial charge is 0.137 e. The van der Waals surface area contributed by atoms with Gasteiger partial charge in [-0.25, -0.2) is 0 Å². The lowest BCUT2D eigenvalue weighted by Gasteiger charge is -2.17. The van der Waals surface area contributed by atoms with Gasteiger partial charge in [-0.15, -0.1) is 0 Å². The minimum atomic E-state index is 0.506. The van der Waals surface area contributed by atoms with E-state index in [4.69, 9.17) is 0 Å². The monoisotopic (exact) mass is 265 g/mol. The second-order valence-corrected chi connectivity index (χ2v) is 7.55. The summed E-state index contributed by atoms with van der Waals surface area (Å²) in [4.78, 5) is 0. The number of rotatable bonds is 6. The molecule has 0 heterocycles. The zero-order valence-corrected chi connectivity index (χ0v) is 13.1. The first-order chi connectivity index (χ1) is 8.04. The second-order valence-electron chi connectivity index (χ2n) is 4.94. The third-order valence-corrected chi connectivity index (χ3v) is 4.72. The molecule has 0 aliphatic rings. The Morgan fingerprint density at radius 1 is 0.941 bits per heavy atom. The second kappa shape index (κ2) is 7.43. The molecular formula is C14H22BS2. The van der Waals surface area contributed by atoms with Gasteiger partial charge in [-0.05, 0) is 23.3 Å². The standard InChI is InChI=1S/C14H22BS2/c1-10(2)12-6-8-13(9-7-12)14(17-16-5)15-11(3)4/h6-11,14H,1-5H3. The van der Waals surface area contributed by atoms with Crippen molar-refractivity contribution in [1.29, 1.82) is 0 Å². The Bertz CT molecular complexity index is 319. The van der Waals surface area contributed by atoms with Crippen LogP contribution >= 0.6 is 21.6 Å². The summed E-state index contributed by atoms with van der Waals surface area (Å²) in [5, 5.41) is 0.506. The van der Waals surface area contributed by atoms with Crippen LogP contribution < -0.4 is 0 Å². The molecular weight excluding hydrogens is 243 g/mol. The fraction of sp³-hybridized carbons (Fsp3) is 0.571. The van der Waals surface area contributed by atoms with Crippen LogP contribution in [0.15, 0.2) is 24.3 Å². The Balaban J connectivity index is 2.79. The molecule has 0 bridgehead atoms. The van der Waals surface area contributed by atoms with Crippen molar-refractivity contribution in [1.82, 2.24) is 0 Å². The molecule has 1 atom stereocenters. The van der Waals surface area contributed by atoms with E-state index in [1.165, 1.54) is 11.1 Å². The third kappa shape index (κ3) is 5.01. The average molecular weight is 265 g/mol. The molecule has 1 unspecified atom stereocenters. The van der Waals surface area contributed by atoms with Gasteiger partial charge in [-0.2, -0.15) is 0 Å². The van der Waals surface area contributed by atoms with Crippen LogP contribution in [-0.2, 0) is 0 Å². The lowest BCUT2D eigenvalue weighted by atomic mass is 9.61. The maximum atomic E-state index is 2.42. The lowest BCUT2D eigenvalue weighted by molar-refractivity contribution is 0.865. The summed E-state index contributed by atoms with van der Waals surface area (Å²) < 4.78 is 0. The van der Waals surface area contributed by atoms with Crippen LogP contribution in [0.3, 0.4) is 0 Å². The highest BCUT2D eigenvalue weighted by Gasteiger charge is 2.15. The highest BCUT2D eigenvalue weighted by atomic mass is 33.1. The van der Waals surface area contributed by atoms with E-state index in [2.05, 4.69) is 65.5 Å². The first kappa shape index (κ1) is 15.0. The Kier molecular flexibility index (Phi) is 6.57. The van der Waals surface area contributed by atoms with Crippen molar-refractivity contribution in [3.05, 3.63) is 35.4 Å². The van der Waals surface area contributed by atoms with Crippen LogP contribution in [0, 0.1) is 0 Å². The molecule has 0 N–H and O–H groups in total. The smallest absolute Gasteiger partial charge is 0.0977 e. The zero-order valence-electron chi connectivity index (χ0n) is 11.4. The molecule has 0 aliphatic heterocycles. The van der Waals surface area contributed by atoms with Gasteiger partial charge in [0.25, 0.3) is 0 Å². The number of hydrogen-bond donors (Lipinski definition) is 0. The summed E-state index contributed by atoms with van der Waals surface area (Å²) in [5.74, 6) is 1.24. The van der Waals surface area contributed by atoms with Crippen LogP contribution in [-0.4, -0.2) is 13.5 Å². The molecule has 1 rings (SSSR count). The van der Waals surface area contributed by atoms with Crippen molar-refractivity contribution < 1.29 is 0 Å². The summed E-state index contributed by atoms with van der Waals surface area (Å²) >= 11 is 0. The molecule has 93 valence electrons. The van der Waals surface area contributed by atoms with Crippen molar-refractivity contribution in [2.24, 2.45) is 0 Å². The SMILES string of the molecule is CSSC([B]C(C)C)c1ccc(C(C)C)cc1. The van der Waals surface area contributed by atoms with E-state index in [1.54, 1.807) is 0 Å². The van der Waals surface area contributed by atoms with Crippen LogP contribution in [0.2, 0.25) is 5.82 Å². The topological polar surface area (TPSA) is 0 Å². The van der Waals surface area contributed by atoms with Gasteiger partial charge < -0.3 is 0 Å². The molecule has 0 saturated carbocycles. The molecule has 0 amide bonds. The highest BCUT2D eigenvalue weighted by molar-refractivity contribution is 8.76. The molecule has 3 heteroatoms. The van der Waals surface area contributed by atoms with Crippen molar-refractivity contribution in [2.75, 3.05) is 6.26 Å². The van der Waals surface area contributed by atoms with Crippen molar-refractivity contribution in [2.45, 2.75) is 44.6 Å². The van der Waals surface area contributed by atoms with E-state index in [-0.39, 0.29) is 0 Å². The Morgan fingerprint density at radius 2 is 1.47 bits per heavy atom. The summed E-state index contributed by atoms with van der Waals surface area (Å²) in [7, 11) is 6.20. The Hall–Kier alpha value is -0.0151. The van der Waals surface area contributed by atoms with E-state index in [9.17, 15) is 0 Å². The van der Waals surface area contributed by atoms with Crippen molar-refractivity contribution in [3.8, 4) is 0 Å². The first-order valence-electron chi connectivity index (χ1n) is 6.19. The molecule has 0 saturated heterocycles. The minimum Gasteiger partial charge on any atom is -0.0977 e. The fourth-order valence-corrected chi connectivity index (χ4v) is 3.72. The summed E-state index contributed by atoms with van der Waals surface area (Å²) in [6.07, 6.45) is 2.15. The molecule has 0 aromatic heterocycles. The fourth-order valence-electron chi connectivity index (χ4n) is 1.72. The zero-order chi connectivity index (χ0) is 12.8. The van der Waals surface area contributed by atoms with E-state index >= 15 is 0 Å².